The average Bonchev–Trinajstić information content (AvgIpc) is 3.01. The Bertz CT molecular complexity index is 717. The Hall–Kier alpha value is -2.37. The quantitative estimate of drug-likeness (QED) is 0.895. The molecule has 0 radical (unpaired) electrons. The van der Waals surface area contributed by atoms with Crippen LogP contribution in [0.1, 0.15) is 45.8 Å². The van der Waals surface area contributed by atoms with Crippen LogP contribution < -0.4 is 10.9 Å². The fraction of sp³-hybridized carbons (Fsp3) is 0.400. The second kappa shape index (κ2) is 5.55. The standard InChI is InChI=1S/C15H17N3O3/c1-9-10-4-2-3-5-11(10)12(14(19)18-9)8-16-15(20)13-6-7-17-21-13/h6-7H,2-5,8H2,1H3,(H,16,20)(H,18,19). The minimum Gasteiger partial charge on any atom is -0.351 e. The monoisotopic (exact) mass is 287 g/mol. The number of H-pyrrole nitrogens is 1. The molecule has 110 valence electrons. The van der Waals surface area contributed by atoms with Gasteiger partial charge >= 0.3 is 0 Å². The molecule has 1 amide bonds. The Balaban J connectivity index is 1.85. The molecule has 3 rings (SSSR count). The van der Waals surface area contributed by atoms with Gasteiger partial charge in [-0.25, -0.2) is 0 Å². The average molecular weight is 287 g/mol. The number of rotatable bonds is 3. The Morgan fingerprint density at radius 2 is 2.14 bits per heavy atom. The van der Waals surface area contributed by atoms with E-state index in [-0.39, 0.29) is 23.8 Å². The predicted molar refractivity (Wildman–Crippen MR) is 76.1 cm³/mol. The molecule has 2 aromatic rings. The van der Waals surface area contributed by atoms with Gasteiger partial charge in [-0.05, 0) is 43.7 Å². The maximum atomic E-state index is 12.2. The normalized spacial score (nSPS) is 13.8. The summed E-state index contributed by atoms with van der Waals surface area (Å²) in [6, 6.07) is 1.49. The molecule has 0 saturated heterocycles. The molecule has 0 aliphatic heterocycles. The molecule has 1 aliphatic rings. The number of aromatic nitrogens is 2. The Morgan fingerprint density at radius 1 is 1.38 bits per heavy atom. The number of carbonyl (C=O) groups excluding carboxylic acids is 1. The number of aryl methyl sites for hydroxylation is 1. The van der Waals surface area contributed by atoms with Crippen LogP contribution >= 0.6 is 0 Å². The number of carbonyl (C=O) groups is 1. The van der Waals surface area contributed by atoms with Gasteiger partial charge in [0.2, 0.25) is 5.76 Å². The predicted octanol–water partition coefficient (Wildman–Crippen LogP) is 1.48. The molecular weight excluding hydrogens is 270 g/mol. The lowest BCUT2D eigenvalue weighted by Gasteiger charge is -2.20. The van der Waals surface area contributed by atoms with E-state index in [9.17, 15) is 9.59 Å². The second-order valence-corrected chi connectivity index (χ2v) is 5.28. The number of nitrogens with one attached hydrogen (secondary N) is 2. The van der Waals surface area contributed by atoms with E-state index in [0.29, 0.717) is 5.56 Å². The zero-order valence-corrected chi connectivity index (χ0v) is 11.9. The minimum atomic E-state index is -0.364. The summed E-state index contributed by atoms with van der Waals surface area (Å²) in [4.78, 5) is 26.9. The smallest absolute Gasteiger partial charge is 0.290 e. The van der Waals surface area contributed by atoms with Crippen molar-refractivity contribution in [2.75, 3.05) is 0 Å². The molecule has 0 atom stereocenters. The Morgan fingerprint density at radius 3 is 2.86 bits per heavy atom. The summed E-state index contributed by atoms with van der Waals surface area (Å²) in [5.74, 6) is -0.218. The second-order valence-electron chi connectivity index (χ2n) is 5.28. The van der Waals surface area contributed by atoms with Gasteiger partial charge in [0.15, 0.2) is 0 Å². The van der Waals surface area contributed by atoms with Gasteiger partial charge in [0.25, 0.3) is 11.5 Å². The number of amides is 1. The third-order valence-electron chi connectivity index (χ3n) is 3.95. The van der Waals surface area contributed by atoms with Gasteiger partial charge < -0.3 is 14.8 Å². The third kappa shape index (κ3) is 2.61. The van der Waals surface area contributed by atoms with Crippen LogP contribution in [0.3, 0.4) is 0 Å². The lowest BCUT2D eigenvalue weighted by molar-refractivity contribution is 0.0913. The van der Waals surface area contributed by atoms with Crippen LogP contribution in [0.4, 0.5) is 0 Å². The van der Waals surface area contributed by atoms with Gasteiger partial charge in [-0.2, -0.15) is 0 Å². The van der Waals surface area contributed by atoms with Crippen LogP contribution in [0.25, 0.3) is 0 Å². The lowest BCUT2D eigenvalue weighted by atomic mass is 9.88. The van der Waals surface area contributed by atoms with Gasteiger partial charge in [0.05, 0.1) is 6.20 Å². The topological polar surface area (TPSA) is 88.0 Å². The largest absolute Gasteiger partial charge is 0.351 e. The summed E-state index contributed by atoms with van der Waals surface area (Å²) in [5, 5.41) is 6.21. The fourth-order valence-electron chi connectivity index (χ4n) is 2.89. The van der Waals surface area contributed by atoms with E-state index in [1.54, 1.807) is 0 Å². The van der Waals surface area contributed by atoms with Crippen LogP contribution in [0.15, 0.2) is 21.6 Å². The van der Waals surface area contributed by atoms with Gasteiger partial charge in [0.1, 0.15) is 0 Å². The van der Waals surface area contributed by atoms with Crippen LogP contribution in [0, 0.1) is 6.92 Å². The van der Waals surface area contributed by atoms with E-state index in [2.05, 4.69) is 15.5 Å². The Kier molecular flexibility index (Phi) is 3.60. The van der Waals surface area contributed by atoms with Crippen LogP contribution in [0.2, 0.25) is 0 Å². The molecule has 6 nitrogen and oxygen atoms in total. The molecule has 2 aromatic heterocycles. The van der Waals surface area contributed by atoms with Gasteiger partial charge in [-0.15, -0.1) is 0 Å². The first-order chi connectivity index (χ1) is 10.2. The molecule has 21 heavy (non-hydrogen) atoms. The van der Waals surface area contributed by atoms with Crippen molar-refractivity contribution in [3.63, 3.8) is 0 Å². The molecule has 2 N–H and O–H groups in total. The van der Waals surface area contributed by atoms with E-state index in [4.69, 9.17) is 4.52 Å². The van der Waals surface area contributed by atoms with Gasteiger partial charge in [0, 0.05) is 23.9 Å². The van der Waals surface area contributed by atoms with Crippen molar-refractivity contribution in [2.24, 2.45) is 0 Å². The molecule has 0 bridgehead atoms. The maximum Gasteiger partial charge on any atom is 0.290 e. The molecule has 0 saturated carbocycles. The summed E-state index contributed by atoms with van der Waals surface area (Å²) in [6.45, 7) is 2.14. The highest BCUT2D eigenvalue weighted by Gasteiger charge is 2.19. The van der Waals surface area contributed by atoms with Crippen LogP contribution in [-0.4, -0.2) is 16.0 Å². The van der Waals surface area contributed by atoms with Crippen molar-refractivity contribution < 1.29 is 9.32 Å². The number of aromatic amines is 1. The van der Waals surface area contributed by atoms with Crippen molar-refractivity contribution in [2.45, 2.75) is 39.2 Å². The van der Waals surface area contributed by atoms with E-state index in [1.807, 2.05) is 6.92 Å². The molecule has 0 aromatic carbocycles. The molecule has 0 fully saturated rings. The third-order valence-corrected chi connectivity index (χ3v) is 3.95. The van der Waals surface area contributed by atoms with Crippen LogP contribution in [-0.2, 0) is 19.4 Å². The SMILES string of the molecule is Cc1[nH]c(=O)c(CNC(=O)c2ccno2)c2c1CCCC2. The molecule has 6 heteroatoms. The minimum absolute atomic E-state index is 0.119. The maximum absolute atomic E-state index is 12.2. The molecule has 2 heterocycles. The zero-order chi connectivity index (χ0) is 14.8. The highest BCUT2D eigenvalue weighted by atomic mass is 16.5. The van der Waals surface area contributed by atoms with Gasteiger partial charge in [-0.1, -0.05) is 5.16 Å². The summed E-state index contributed by atoms with van der Waals surface area (Å²) in [7, 11) is 0. The zero-order valence-electron chi connectivity index (χ0n) is 11.9. The molecular formula is C15H17N3O3. The number of nitrogens with zero attached hydrogens (tertiary/aromatic N) is 1. The van der Waals surface area contributed by atoms with Crippen LogP contribution in [0.5, 0.6) is 0 Å². The van der Waals surface area contributed by atoms with Crippen molar-refractivity contribution in [3.05, 3.63) is 50.8 Å². The fourth-order valence-corrected chi connectivity index (χ4v) is 2.89. The number of fused-ring (bicyclic) bond motifs is 1. The van der Waals surface area contributed by atoms with E-state index in [1.165, 1.54) is 17.8 Å². The number of hydrogen-bond acceptors (Lipinski definition) is 4. The van der Waals surface area contributed by atoms with Crippen molar-refractivity contribution >= 4 is 5.91 Å². The molecule has 0 spiro atoms. The van der Waals surface area contributed by atoms with Crippen molar-refractivity contribution in [1.29, 1.82) is 0 Å². The number of hydrogen-bond donors (Lipinski definition) is 2. The molecule has 0 unspecified atom stereocenters. The van der Waals surface area contributed by atoms with Crippen molar-refractivity contribution in [1.82, 2.24) is 15.5 Å². The Labute approximate surface area is 121 Å². The summed E-state index contributed by atoms with van der Waals surface area (Å²) in [6.07, 6.45) is 5.52. The first-order valence-corrected chi connectivity index (χ1v) is 7.09. The first-order valence-electron chi connectivity index (χ1n) is 7.09. The van der Waals surface area contributed by atoms with E-state index < -0.39 is 0 Å². The highest BCUT2D eigenvalue weighted by Crippen LogP contribution is 2.24. The molecule has 1 aliphatic carbocycles. The summed E-state index contributed by atoms with van der Waals surface area (Å²) >= 11 is 0. The van der Waals surface area contributed by atoms with E-state index >= 15 is 0 Å². The highest BCUT2D eigenvalue weighted by molar-refractivity contribution is 5.91. The summed E-state index contributed by atoms with van der Waals surface area (Å²) in [5.41, 5.74) is 3.80. The summed E-state index contributed by atoms with van der Waals surface area (Å²) < 4.78 is 4.80. The lowest BCUT2D eigenvalue weighted by Crippen LogP contribution is -2.30. The van der Waals surface area contributed by atoms with Gasteiger partial charge in [-0.3, -0.25) is 9.59 Å². The first kappa shape index (κ1) is 13.6. The van der Waals surface area contributed by atoms with E-state index in [0.717, 1.165) is 36.9 Å². The van der Waals surface area contributed by atoms with Crippen molar-refractivity contribution in [3.8, 4) is 0 Å². The number of pyridine rings is 1.